The van der Waals surface area contributed by atoms with Gasteiger partial charge in [0, 0.05) is 40.5 Å². The molecular formula is C19H17FIN5. The second-order valence-corrected chi connectivity index (χ2v) is 7.33. The van der Waals surface area contributed by atoms with E-state index in [9.17, 15) is 4.39 Å². The van der Waals surface area contributed by atoms with Crippen LogP contribution in [0.25, 0.3) is 22.4 Å². The number of aromatic nitrogens is 5. The van der Waals surface area contributed by atoms with Crippen LogP contribution in [0, 0.1) is 3.57 Å². The summed E-state index contributed by atoms with van der Waals surface area (Å²) in [6.45, 7) is 0.944. The molecular weight excluding hydrogens is 444 g/mol. The Bertz CT molecular complexity index is 1030. The summed E-state index contributed by atoms with van der Waals surface area (Å²) in [4.78, 5) is 13.3. The van der Waals surface area contributed by atoms with E-state index in [0.29, 0.717) is 19.5 Å². The zero-order chi connectivity index (χ0) is 17.9. The van der Waals surface area contributed by atoms with E-state index in [1.165, 1.54) is 0 Å². The fourth-order valence-corrected chi connectivity index (χ4v) is 3.52. The SMILES string of the molecule is FCCCn1c(-c2cncc(Cn3ccnc3)c2)nc2ccc(I)cc21. The molecule has 1 aromatic carbocycles. The summed E-state index contributed by atoms with van der Waals surface area (Å²) in [5.41, 5.74) is 3.95. The predicted octanol–water partition coefficient (Wildman–Crippen LogP) is 4.31. The molecule has 0 amide bonds. The standard InChI is InChI=1S/C19H17FIN5/c20-4-1-6-26-18-9-16(21)2-3-17(18)24-19(26)15-8-14(10-23-11-15)12-25-7-5-22-13-25/h2-3,5,7-11,13H,1,4,6,12H2. The van der Waals surface area contributed by atoms with Crippen molar-refractivity contribution in [3.05, 3.63) is 64.5 Å². The van der Waals surface area contributed by atoms with E-state index < -0.39 is 0 Å². The number of imidazole rings is 2. The largest absolute Gasteiger partial charge is 0.333 e. The molecule has 0 aliphatic carbocycles. The van der Waals surface area contributed by atoms with Gasteiger partial charge in [-0.3, -0.25) is 9.37 Å². The van der Waals surface area contributed by atoms with Crippen LogP contribution in [-0.2, 0) is 13.1 Å². The molecule has 132 valence electrons. The molecule has 4 aromatic rings. The molecule has 3 heterocycles. The first-order valence-electron chi connectivity index (χ1n) is 8.36. The highest BCUT2D eigenvalue weighted by Crippen LogP contribution is 2.27. The van der Waals surface area contributed by atoms with Crippen LogP contribution in [0.5, 0.6) is 0 Å². The topological polar surface area (TPSA) is 48.5 Å². The van der Waals surface area contributed by atoms with Crippen LogP contribution in [0.2, 0.25) is 0 Å². The lowest BCUT2D eigenvalue weighted by Crippen LogP contribution is -2.03. The summed E-state index contributed by atoms with van der Waals surface area (Å²) in [6, 6.07) is 8.22. The average molecular weight is 461 g/mol. The van der Waals surface area contributed by atoms with Crippen molar-refractivity contribution >= 4 is 33.6 Å². The molecule has 5 nitrogen and oxygen atoms in total. The zero-order valence-corrected chi connectivity index (χ0v) is 16.2. The minimum Gasteiger partial charge on any atom is -0.333 e. The number of hydrogen-bond donors (Lipinski definition) is 0. The number of fused-ring (bicyclic) bond motifs is 1. The van der Waals surface area contributed by atoms with Crippen molar-refractivity contribution in [2.75, 3.05) is 6.67 Å². The van der Waals surface area contributed by atoms with E-state index >= 15 is 0 Å². The molecule has 0 saturated heterocycles. The van der Waals surface area contributed by atoms with Crippen LogP contribution >= 0.6 is 22.6 Å². The van der Waals surface area contributed by atoms with E-state index in [1.807, 2.05) is 35.3 Å². The van der Waals surface area contributed by atoms with Crippen molar-refractivity contribution in [2.24, 2.45) is 0 Å². The second-order valence-electron chi connectivity index (χ2n) is 6.08. The van der Waals surface area contributed by atoms with Crippen molar-refractivity contribution in [1.82, 2.24) is 24.1 Å². The Kier molecular flexibility index (Phi) is 4.96. The second kappa shape index (κ2) is 7.53. The van der Waals surface area contributed by atoms with Gasteiger partial charge in [0.2, 0.25) is 0 Å². The number of nitrogens with zero attached hydrogens (tertiary/aromatic N) is 5. The van der Waals surface area contributed by atoms with Crippen LogP contribution in [0.1, 0.15) is 12.0 Å². The summed E-state index contributed by atoms with van der Waals surface area (Å²) < 4.78 is 18.0. The Morgan fingerprint density at radius 2 is 2.04 bits per heavy atom. The maximum absolute atomic E-state index is 12.8. The Morgan fingerprint density at radius 1 is 1.12 bits per heavy atom. The monoisotopic (exact) mass is 461 g/mol. The first-order chi connectivity index (χ1) is 12.7. The highest BCUT2D eigenvalue weighted by molar-refractivity contribution is 14.1. The molecule has 26 heavy (non-hydrogen) atoms. The maximum Gasteiger partial charge on any atom is 0.142 e. The van der Waals surface area contributed by atoms with Gasteiger partial charge in [0.05, 0.1) is 30.6 Å². The van der Waals surface area contributed by atoms with E-state index in [0.717, 1.165) is 31.6 Å². The summed E-state index contributed by atoms with van der Waals surface area (Å²) in [5, 5.41) is 0. The molecule has 0 bridgehead atoms. The van der Waals surface area contributed by atoms with Crippen LogP contribution in [0.4, 0.5) is 4.39 Å². The Hall–Kier alpha value is -2.29. The van der Waals surface area contributed by atoms with Gasteiger partial charge in [-0.05, 0) is 58.8 Å². The zero-order valence-electron chi connectivity index (χ0n) is 14.0. The predicted molar refractivity (Wildman–Crippen MR) is 108 cm³/mol. The molecule has 0 unspecified atom stereocenters. The fraction of sp³-hybridized carbons (Fsp3) is 0.211. The lowest BCUT2D eigenvalue weighted by Gasteiger charge is -2.09. The van der Waals surface area contributed by atoms with Crippen molar-refractivity contribution in [1.29, 1.82) is 0 Å². The molecule has 0 fully saturated rings. The Labute approximate surface area is 164 Å². The number of benzene rings is 1. The van der Waals surface area contributed by atoms with Crippen LogP contribution in [-0.4, -0.2) is 30.8 Å². The average Bonchev–Trinajstić information content (AvgIpc) is 3.27. The van der Waals surface area contributed by atoms with Crippen molar-refractivity contribution in [3.8, 4) is 11.4 Å². The quantitative estimate of drug-likeness (QED) is 0.403. The fourth-order valence-electron chi connectivity index (χ4n) is 3.05. The van der Waals surface area contributed by atoms with Gasteiger partial charge in [-0.15, -0.1) is 0 Å². The molecule has 7 heteroatoms. The van der Waals surface area contributed by atoms with Crippen LogP contribution in [0.3, 0.4) is 0 Å². The molecule has 0 spiro atoms. The van der Waals surface area contributed by atoms with Crippen LogP contribution < -0.4 is 0 Å². The first-order valence-corrected chi connectivity index (χ1v) is 9.44. The number of alkyl halides is 1. The lowest BCUT2D eigenvalue weighted by molar-refractivity contribution is 0.450. The lowest BCUT2D eigenvalue weighted by atomic mass is 10.2. The highest BCUT2D eigenvalue weighted by atomic mass is 127. The van der Waals surface area contributed by atoms with Crippen molar-refractivity contribution in [3.63, 3.8) is 0 Å². The van der Waals surface area contributed by atoms with Crippen molar-refractivity contribution in [2.45, 2.75) is 19.5 Å². The Balaban J connectivity index is 1.78. The third-order valence-electron chi connectivity index (χ3n) is 4.20. The van der Waals surface area contributed by atoms with Gasteiger partial charge in [-0.2, -0.15) is 0 Å². The molecule has 3 aromatic heterocycles. The molecule has 4 rings (SSSR count). The summed E-state index contributed by atoms with van der Waals surface area (Å²) in [6.07, 6.45) is 9.59. The van der Waals surface area contributed by atoms with Gasteiger partial charge < -0.3 is 9.13 Å². The van der Waals surface area contributed by atoms with Gasteiger partial charge in [-0.1, -0.05) is 0 Å². The molecule has 0 aliphatic rings. The van der Waals surface area contributed by atoms with Gasteiger partial charge in [0.15, 0.2) is 0 Å². The number of rotatable bonds is 6. The molecule has 0 saturated carbocycles. The summed E-state index contributed by atoms with van der Waals surface area (Å²) in [7, 11) is 0. The minimum absolute atomic E-state index is 0.345. The third kappa shape index (κ3) is 3.48. The van der Waals surface area contributed by atoms with Gasteiger partial charge in [-0.25, -0.2) is 9.97 Å². The number of aryl methyl sites for hydroxylation is 1. The van der Waals surface area contributed by atoms with E-state index in [1.54, 1.807) is 12.5 Å². The van der Waals surface area contributed by atoms with Gasteiger partial charge >= 0.3 is 0 Å². The molecule has 0 radical (unpaired) electrons. The normalized spacial score (nSPS) is 11.3. The molecule has 0 N–H and O–H groups in total. The summed E-state index contributed by atoms with van der Waals surface area (Å²) >= 11 is 2.29. The molecule has 0 atom stereocenters. The van der Waals surface area contributed by atoms with Crippen LogP contribution in [0.15, 0.2) is 55.4 Å². The van der Waals surface area contributed by atoms with Crippen molar-refractivity contribution < 1.29 is 4.39 Å². The number of pyridine rings is 1. The maximum atomic E-state index is 12.8. The van der Waals surface area contributed by atoms with E-state index in [-0.39, 0.29) is 6.67 Å². The highest BCUT2D eigenvalue weighted by Gasteiger charge is 2.14. The number of hydrogen-bond acceptors (Lipinski definition) is 3. The van der Waals surface area contributed by atoms with E-state index in [4.69, 9.17) is 4.98 Å². The minimum atomic E-state index is -0.345. The van der Waals surface area contributed by atoms with Gasteiger partial charge in [0.1, 0.15) is 5.82 Å². The Morgan fingerprint density at radius 3 is 2.85 bits per heavy atom. The first kappa shape index (κ1) is 17.1. The van der Waals surface area contributed by atoms with Gasteiger partial charge in [0.25, 0.3) is 0 Å². The number of halogens is 2. The van der Waals surface area contributed by atoms with E-state index in [2.05, 4.69) is 49.3 Å². The smallest absolute Gasteiger partial charge is 0.142 e. The third-order valence-corrected chi connectivity index (χ3v) is 4.87. The molecule has 0 aliphatic heterocycles. The summed E-state index contributed by atoms with van der Waals surface area (Å²) in [5.74, 6) is 0.829.